The van der Waals surface area contributed by atoms with E-state index in [2.05, 4.69) is 26.6 Å². The molecule has 7 nitrogen and oxygen atoms in total. The summed E-state index contributed by atoms with van der Waals surface area (Å²) in [4.78, 5) is 15.5. The Morgan fingerprint density at radius 3 is 2.67 bits per heavy atom. The molecule has 2 N–H and O–H groups in total. The maximum absolute atomic E-state index is 12.4. The highest BCUT2D eigenvalue weighted by Gasteiger charge is 2.08. The van der Waals surface area contributed by atoms with Crippen LogP contribution in [-0.2, 0) is 6.42 Å². The summed E-state index contributed by atoms with van der Waals surface area (Å²) in [5.41, 5.74) is 4.77. The Hall–Kier alpha value is -4.18. The zero-order valence-electron chi connectivity index (χ0n) is 16.3. The zero-order chi connectivity index (χ0) is 20.9. The molecule has 30 heavy (non-hydrogen) atoms. The van der Waals surface area contributed by atoms with Gasteiger partial charge >= 0.3 is 0 Å². The van der Waals surface area contributed by atoms with Gasteiger partial charge in [0.2, 0.25) is 5.88 Å². The standard InChI is InChI=1S/C23H19N5O2/c1-30-22-9-8-20(27-28-22)16-3-5-17(6-4-16)23(29)25-11-10-15-2-7-21-19(12-15)18(13-24)14-26-21/h2-9,12,14,26H,10-11H2,1H3,(H,25,29). The van der Waals surface area contributed by atoms with Gasteiger partial charge in [0.15, 0.2) is 0 Å². The number of nitrogens with one attached hydrogen (secondary N) is 2. The van der Waals surface area contributed by atoms with Crippen molar-refractivity contribution >= 4 is 16.8 Å². The fourth-order valence-corrected chi connectivity index (χ4v) is 3.21. The molecule has 0 unspecified atom stereocenters. The van der Waals surface area contributed by atoms with Gasteiger partial charge in [-0.1, -0.05) is 18.2 Å². The highest BCUT2D eigenvalue weighted by Crippen LogP contribution is 2.20. The number of rotatable bonds is 6. The second-order valence-corrected chi connectivity index (χ2v) is 6.74. The topological polar surface area (TPSA) is 104 Å². The summed E-state index contributed by atoms with van der Waals surface area (Å²) < 4.78 is 5.01. The number of carbonyl (C=O) groups excluding carboxylic acids is 1. The van der Waals surface area contributed by atoms with Crippen LogP contribution in [0.3, 0.4) is 0 Å². The van der Waals surface area contributed by atoms with E-state index in [1.165, 1.54) is 0 Å². The lowest BCUT2D eigenvalue weighted by atomic mass is 10.1. The Kier molecular flexibility index (Phi) is 5.39. The van der Waals surface area contributed by atoms with E-state index in [4.69, 9.17) is 10.00 Å². The Balaban J connectivity index is 1.36. The molecule has 148 valence electrons. The van der Waals surface area contributed by atoms with Gasteiger partial charge in [0.1, 0.15) is 6.07 Å². The van der Waals surface area contributed by atoms with Crippen molar-refractivity contribution in [2.45, 2.75) is 6.42 Å². The fraction of sp³-hybridized carbons (Fsp3) is 0.130. The van der Waals surface area contributed by atoms with E-state index in [1.807, 2.05) is 36.4 Å². The summed E-state index contributed by atoms with van der Waals surface area (Å²) in [5, 5.41) is 21.1. The molecule has 0 spiro atoms. The normalized spacial score (nSPS) is 10.5. The van der Waals surface area contributed by atoms with Gasteiger partial charge in [0.25, 0.3) is 5.91 Å². The lowest BCUT2D eigenvalue weighted by Gasteiger charge is -2.07. The van der Waals surface area contributed by atoms with Crippen LogP contribution < -0.4 is 10.1 Å². The van der Waals surface area contributed by atoms with E-state index in [-0.39, 0.29) is 5.91 Å². The van der Waals surface area contributed by atoms with E-state index in [0.717, 1.165) is 22.0 Å². The number of ether oxygens (including phenoxy) is 1. The molecule has 0 saturated carbocycles. The SMILES string of the molecule is COc1ccc(-c2ccc(C(=O)NCCc3ccc4[nH]cc(C#N)c4c3)cc2)nn1. The van der Waals surface area contributed by atoms with Crippen molar-refractivity contribution in [1.82, 2.24) is 20.5 Å². The molecular weight excluding hydrogens is 378 g/mol. The average molecular weight is 397 g/mol. The Morgan fingerprint density at radius 1 is 1.13 bits per heavy atom. The molecule has 0 aliphatic rings. The quantitative estimate of drug-likeness (QED) is 0.518. The van der Waals surface area contributed by atoms with Crippen LogP contribution in [0, 0.1) is 11.3 Å². The molecule has 0 fully saturated rings. The number of H-pyrrole nitrogens is 1. The molecule has 1 amide bonds. The number of nitriles is 1. The number of nitrogens with zero attached hydrogens (tertiary/aromatic N) is 3. The number of hydrogen-bond acceptors (Lipinski definition) is 5. The fourth-order valence-electron chi connectivity index (χ4n) is 3.21. The first-order valence-electron chi connectivity index (χ1n) is 9.44. The molecule has 4 aromatic rings. The van der Waals surface area contributed by atoms with Crippen molar-refractivity contribution in [2.75, 3.05) is 13.7 Å². The Labute approximate surface area is 173 Å². The van der Waals surface area contributed by atoms with Gasteiger partial charge < -0.3 is 15.0 Å². The van der Waals surface area contributed by atoms with Gasteiger partial charge in [0.05, 0.1) is 18.4 Å². The number of aromatic nitrogens is 3. The van der Waals surface area contributed by atoms with Crippen LogP contribution in [0.1, 0.15) is 21.5 Å². The molecule has 0 saturated heterocycles. The number of hydrogen-bond donors (Lipinski definition) is 2. The summed E-state index contributed by atoms with van der Waals surface area (Å²) in [6.45, 7) is 0.502. The maximum atomic E-state index is 12.4. The molecule has 0 aliphatic carbocycles. The summed E-state index contributed by atoms with van der Waals surface area (Å²) in [6.07, 6.45) is 2.38. The first-order valence-corrected chi connectivity index (χ1v) is 9.44. The minimum Gasteiger partial charge on any atom is -0.480 e. The van der Waals surface area contributed by atoms with E-state index >= 15 is 0 Å². The van der Waals surface area contributed by atoms with Crippen molar-refractivity contribution in [3.63, 3.8) is 0 Å². The van der Waals surface area contributed by atoms with Gasteiger partial charge in [-0.3, -0.25) is 4.79 Å². The Bertz CT molecular complexity index is 1220. The molecule has 0 radical (unpaired) electrons. The average Bonchev–Trinajstić information content (AvgIpc) is 3.21. The third-order valence-corrected chi connectivity index (χ3v) is 4.86. The second kappa shape index (κ2) is 8.45. The monoisotopic (exact) mass is 397 g/mol. The largest absolute Gasteiger partial charge is 0.480 e. The summed E-state index contributed by atoms with van der Waals surface area (Å²) in [5.74, 6) is 0.317. The minimum absolute atomic E-state index is 0.136. The van der Waals surface area contributed by atoms with Crippen molar-refractivity contribution < 1.29 is 9.53 Å². The third-order valence-electron chi connectivity index (χ3n) is 4.86. The highest BCUT2D eigenvalue weighted by molar-refractivity contribution is 5.94. The van der Waals surface area contributed by atoms with Gasteiger partial charge in [0, 0.05) is 40.8 Å². The van der Waals surface area contributed by atoms with Crippen LogP contribution in [-0.4, -0.2) is 34.7 Å². The van der Waals surface area contributed by atoms with E-state index in [1.54, 1.807) is 31.5 Å². The van der Waals surface area contributed by atoms with Crippen LogP contribution >= 0.6 is 0 Å². The molecule has 7 heteroatoms. The Morgan fingerprint density at radius 2 is 1.97 bits per heavy atom. The third kappa shape index (κ3) is 3.98. The number of benzene rings is 2. The van der Waals surface area contributed by atoms with Crippen molar-refractivity contribution in [2.24, 2.45) is 0 Å². The molecule has 2 heterocycles. The van der Waals surface area contributed by atoms with Crippen LogP contribution in [0.25, 0.3) is 22.2 Å². The predicted octanol–water partition coefficient (Wildman–Crippen LogP) is 3.48. The van der Waals surface area contributed by atoms with Crippen molar-refractivity contribution in [3.05, 3.63) is 77.5 Å². The summed E-state index contributed by atoms with van der Waals surface area (Å²) >= 11 is 0. The first kappa shape index (κ1) is 19.2. The molecule has 2 aromatic heterocycles. The van der Waals surface area contributed by atoms with Gasteiger partial charge in [-0.2, -0.15) is 5.26 Å². The van der Waals surface area contributed by atoms with Crippen LogP contribution in [0.15, 0.2) is 60.8 Å². The first-order chi connectivity index (χ1) is 14.7. The molecule has 0 bridgehead atoms. The smallest absolute Gasteiger partial charge is 0.251 e. The van der Waals surface area contributed by atoms with Crippen LogP contribution in [0.2, 0.25) is 0 Å². The number of amides is 1. The van der Waals surface area contributed by atoms with Crippen LogP contribution in [0.5, 0.6) is 5.88 Å². The van der Waals surface area contributed by atoms with Gasteiger partial charge in [-0.05, 0) is 42.3 Å². The highest BCUT2D eigenvalue weighted by atomic mass is 16.5. The van der Waals surface area contributed by atoms with Gasteiger partial charge in [-0.25, -0.2) is 0 Å². The van der Waals surface area contributed by atoms with Crippen molar-refractivity contribution in [1.29, 1.82) is 5.26 Å². The molecule has 0 atom stereocenters. The second-order valence-electron chi connectivity index (χ2n) is 6.74. The lowest BCUT2D eigenvalue weighted by Crippen LogP contribution is -2.25. The molecule has 2 aromatic carbocycles. The minimum atomic E-state index is -0.136. The van der Waals surface area contributed by atoms with Crippen LogP contribution in [0.4, 0.5) is 0 Å². The number of carbonyl (C=O) groups is 1. The maximum Gasteiger partial charge on any atom is 0.251 e. The van der Waals surface area contributed by atoms with E-state index < -0.39 is 0 Å². The van der Waals surface area contributed by atoms with Gasteiger partial charge in [-0.15, -0.1) is 10.2 Å². The molecular formula is C23H19N5O2. The van der Waals surface area contributed by atoms with Crippen molar-refractivity contribution in [3.8, 4) is 23.2 Å². The molecule has 4 rings (SSSR count). The lowest BCUT2D eigenvalue weighted by molar-refractivity contribution is 0.0954. The summed E-state index contributed by atoms with van der Waals surface area (Å²) in [6, 6.07) is 18.9. The van der Waals surface area contributed by atoms with E-state index in [0.29, 0.717) is 35.7 Å². The zero-order valence-corrected chi connectivity index (χ0v) is 16.3. The van der Waals surface area contributed by atoms with E-state index in [9.17, 15) is 4.79 Å². The predicted molar refractivity (Wildman–Crippen MR) is 113 cm³/mol. The number of methoxy groups -OCH3 is 1. The molecule has 0 aliphatic heterocycles. The number of aromatic amines is 1. The summed E-state index contributed by atoms with van der Waals surface area (Å²) in [7, 11) is 1.54. The number of fused-ring (bicyclic) bond motifs is 1.